The number of fused-ring (bicyclic) bond motifs is 1. The predicted octanol–water partition coefficient (Wildman–Crippen LogP) is 4.57. The fourth-order valence-electron chi connectivity index (χ4n) is 3.68. The molecule has 0 aliphatic carbocycles. The average Bonchev–Trinajstić information content (AvgIpc) is 2.75. The van der Waals surface area contributed by atoms with Crippen molar-refractivity contribution in [3.05, 3.63) is 63.2 Å². The largest absolute Gasteiger partial charge is 0.383 e. The van der Waals surface area contributed by atoms with Crippen LogP contribution in [0.3, 0.4) is 0 Å². The normalized spacial score (nSPS) is 15.4. The van der Waals surface area contributed by atoms with Crippen LogP contribution in [0.25, 0.3) is 10.9 Å². The Kier molecular flexibility index (Phi) is 5.38. The second-order valence-corrected chi connectivity index (χ2v) is 8.18. The van der Waals surface area contributed by atoms with Crippen molar-refractivity contribution in [3.63, 3.8) is 0 Å². The molecule has 0 saturated carbocycles. The maximum Gasteiger partial charge on any atom is 0.285 e. The molecule has 3 aromatic rings. The molecule has 158 valence electrons. The van der Waals surface area contributed by atoms with Crippen LogP contribution in [0.2, 0.25) is 5.02 Å². The number of aromatic nitrogens is 2. The lowest BCUT2D eigenvalue weighted by atomic mass is 9.80. The number of anilines is 2. The van der Waals surface area contributed by atoms with E-state index in [0.29, 0.717) is 42.5 Å². The Morgan fingerprint density at radius 3 is 2.74 bits per heavy atom. The van der Waals surface area contributed by atoms with Gasteiger partial charge in [-0.25, -0.2) is 14.4 Å². The van der Waals surface area contributed by atoms with Gasteiger partial charge in [0.15, 0.2) is 5.82 Å². The van der Waals surface area contributed by atoms with Crippen LogP contribution in [0.1, 0.15) is 25.3 Å². The molecule has 7 nitrogen and oxygen atoms in total. The number of hydrogen-bond donors (Lipinski definition) is 1. The Morgan fingerprint density at radius 1 is 1.29 bits per heavy atom. The van der Waals surface area contributed by atoms with Crippen LogP contribution in [0.5, 0.6) is 0 Å². The highest BCUT2D eigenvalue weighted by atomic mass is 35.5. The number of nitrogen functional groups attached to an aromatic ring is 1. The van der Waals surface area contributed by atoms with Gasteiger partial charge in [-0.1, -0.05) is 29.5 Å². The van der Waals surface area contributed by atoms with E-state index in [1.165, 1.54) is 18.5 Å². The molecule has 0 bridgehead atoms. The summed E-state index contributed by atoms with van der Waals surface area (Å²) in [6, 6.07) is 7.89. The van der Waals surface area contributed by atoms with Crippen molar-refractivity contribution in [2.24, 2.45) is 5.41 Å². The lowest BCUT2D eigenvalue weighted by molar-refractivity contribution is -0.385. The number of nitrogens with two attached hydrogens (primary N) is 1. The minimum atomic E-state index is -0.483. The lowest BCUT2D eigenvalue weighted by Gasteiger charge is -2.37. The van der Waals surface area contributed by atoms with E-state index in [9.17, 15) is 14.5 Å². The van der Waals surface area contributed by atoms with Crippen molar-refractivity contribution in [1.29, 1.82) is 0 Å². The summed E-state index contributed by atoms with van der Waals surface area (Å²) in [6.45, 7) is 3.22. The zero-order chi connectivity index (χ0) is 22.2. The molecule has 0 unspecified atom stereocenters. The first-order valence-corrected chi connectivity index (χ1v) is 10.1. The smallest absolute Gasteiger partial charge is 0.285 e. The summed E-state index contributed by atoms with van der Waals surface area (Å²) in [4.78, 5) is 21.1. The molecular formula is C22H19ClFN5O2. The molecule has 2 aromatic carbocycles. The number of halogens is 2. The molecule has 9 heteroatoms. The molecule has 1 saturated heterocycles. The number of hydrogen-bond acceptors (Lipinski definition) is 6. The Morgan fingerprint density at radius 2 is 2.03 bits per heavy atom. The zero-order valence-corrected chi connectivity index (χ0v) is 17.5. The van der Waals surface area contributed by atoms with E-state index >= 15 is 0 Å². The van der Waals surface area contributed by atoms with Crippen molar-refractivity contribution in [2.45, 2.75) is 19.8 Å². The molecule has 1 fully saturated rings. The third-order valence-electron chi connectivity index (χ3n) is 5.62. The average molecular weight is 440 g/mol. The van der Waals surface area contributed by atoms with E-state index in [1.54, 1.807) is 18.2 Å². The highest BCUT2D eigenvalue weighted by Crippen LogP contribution is 2.35. The summed E-state index contributed by atoms with van der Waals surface area (Å²) in [5.74, 6) is 5.95. The van der Waals surface area contributed by atoms with E-state index in [1.807, 2.05) is 11.8 Å². The number of nitro groups is 1. The van der Waals surface area contributed by atoms with Gasteiger partial charge in [0.2, 0.25) is 0 Å². The van der Waals surface area contributed by atoms with Crippen molar-refractivity contribution in [2.75, 3.05) is 23.7 Å². The SMILES string of the molecule is CC1(C#Cc2cc3ncnc(N)c3cc2[N+](=O)[O-])CCN(c2cccc(Cl)c2F)CC1. The van der Waals surface area contributed by atoms with Crippen molar-refractivity contribution < 1.29 is 9.31 Å². The van der Waals surface area contributed by atoms with E-state index < -0.39 is 10.7 Å². The van der Waals surface area contributed by atoms with Crippen molar-refractivity contribution in [1.82, 2.24) is 9.97 Å². The molecule has 4 rings (SSSR count). The molecule has 0 amide bonds. The zero-order valence-electron chi connectivity index (χ0n) is 16.7. The number of nitro benzene ring substituents is 1. The summed E-state index contributed by atoms with van der Waals surface area (Å²) in [6.07, 6.45) is 2.68. The molecule has 1 aromatic heterocycles. The maximum absolute atomic E-state index is 14.3. The fourth-order valence-corrected chi connectivity index (χ4v) is 3.85. The molecule has 2 heterocycles. The van der Waals surface area contributed by atoms with Gasteiger partial charge in [0.1, 0.15) is 17.7 Å². The van der Waals surface area contributed by atoms with Crippen molar-refractivity contribution in [3.8, 4) is 11.8 Å². The minimum Gasteiger partial charge on any atom is -0.383 e. The summed E-state index contributed by atoms with van der Waals surface area (Å²) in [5, 5.41) is 12.1. The molecular weight excluding hydrogens is 421 g/mol. The predicted molar refractivity (Wildman–Crippen MR) is 118 cm³/mol. The number of piperidine rings is 1. The lowest BCUT2D eigenvalue weighted by Crippen LogP contribution is -2.38. The van der Waals surface area contributed by atoms with Gasteiger partial charge in [0.05, 0.1) is 21.2 Å². The number of nitrogens with zero attached hydrogens (tertiary/aromatic N) is 4. The van der Waals surface area contributed by atoms with Gasteiger partial charge >= 0.3 is 0 Å². The van der Waals surface area contributed by atoms with E-state index in [-0.39, 0.29) is 27.5 Å². The minimum absolute atomic E-state index is 0.0960. The van der Waals surface area contributed by atoms with Crippen LogP contribution < -0.4 is 10.6 Å². The molecule has 2 N–H and O–H groups in total. The molecule has 1 aliphatic heterocycles. The molecule has 31 heavy (non-hydrogen) atoms. The number of rotatable bonds is 2. The molecule has 0 spiro atoms. The van der Waals surface area contributed by atoms with Crippen molar-refractivity contribution >= 4 is 39.7 Å². The first-order valence-electron chi connectivity index (χ1n) is 9.68. The number of benzene rings is 2. The summed E-state index contributed by atoms with van der Waals surface area (Å²) < 4.78 is 14.3. The summed E-state index contributed by atoms with van der Waals surface area (Å²) in [5.41, 5.74) is 6.57. The maximum atomic E-state index is 14.3. The van der Waals surface area contributed by atoms with Crippen LogP contribution >= 0.6 is 11.6 Å². The Bertz CT molecular complexity index is 1250. The monoisotopic (exact) mass is 439 g/mol. The fraction of sp³-hybridized carbons (Fsp3) is 0.273. The summed E-state index contributed by atoms with van der Waals surface area (Å²) in [7, 11) is 0. The molecule has 1 aliphatic rings. The van der Waals surface area contributed by atoms with Gasteiger partial charge in [0.25, 0.3) is 5.69 Å². The third kappa shape index (κ3) is 4.09. The summed E-state index contributed by atoms with van der Waals surface area (Å²) >= 11 is 5.90. The van der Waals surface area contributed by atoms with Crippen LogP contribution in [-0.4, -0.2) is 28.0 Å². The topological polar surface area (TPSA) is 98.2 Å². The third-order valence-corrected chi connectivity index (χ3v) is 5.91. The second kappa shape index (κ2) is 8.00. The van der Waals surface area contributed by atoms with E-state index in [4.69, 9.17) is 17.3 Å². The molecule has 0 atom stereocenters. The Hall–Kier alpha value is -3.44. The standard InChI is InChI=1S/C22H19ClFN5O2/c1-22(7-9-28(10-8-22)18-4-2-3-16(23)20(18)24)6-5-14-11-17-15(12-19(14)29(30)31)21(25)27-13-26-17/h2-4,11-13H,7-10H2,1H3,(H2,25,26,27). The van der Waals surface area contributed by atoms with Gasteiger partial charge < -0.3 is 10.6 Å². The molecule has 0 radical (unpaired) electrons. The first kappa shape index (κ1) is 20.8. The first-order chi connectivity index (χ1) is 14.8. The van der Waals surface area contributed by atoms with E-state index in [0.717, 1.165) is 0 Å². The van der Waals surface area contributed by atoms with Gasteiger partial charge in [-0.2, -0.15) is 0 Å². The highest BCUT2D eigenvalue weighted by molar-refractivity contribution is 6.31. The Balaban J connectivity index is 1.60. The van der Waals surface area contributed by atoms with Crippen LogP contribution in [-0.2, 0) is 0 Å². The Labute approximate surface area is 183 Å². The quantitative estimate of drug-likeness (QED) is 0.357. The van der Waals surface area contributed by atoms with Crippen LogP contribution in [0, 0.1) is 33.2 Å². The van der Waals surface area contributed by atoms with Gasteiger partial charge in [0, 0.05) is 30.0 Å². The van der Waals surface area contributed by atoms with Crippen LogP contribution in [0.15, 0.2) is 36.7 Å². The van der Waals surface area contributed by atoms with Gasteiger partial charge in [-0.3, -0.25) is 10.1 Å². The second-order valence-electron chi connectivity index (χ2n) is 7.77. The van der Waals surface area contributed by atoms with Crippen LogP contribution in [0.4, 0.5) is 21.6 Å². The van der Waals surface area contributed by atoms with E-state index in [2.05, 4.69) is 21.8 Å². The van der Waals surface area contributed by atoms with Gasteiger partial charge in [-0.15, -0.1) is 0 Å². The van der Waals surface area contributed by atoms with Gasteiger partial charge in [-0.05, 0) is 38.0 Å². The highest BCUT2D eigenvalue weighted by Gasteiger charge is 2.30.